The molecular formula is C21H19ClFN3O2. The lowest BCUT2D eigenvalue weighted by Gasteiger charge is -2.37. The molecule has 5 rings (SSSR count). The highest BCUT2D eigenvalue weighted by Gasteiger charge is 2.43. The van der Waals surface area contributed by atoms with Gasteiger partial charge in [0.1, 0.15) is 11.5 Å². The third kappa shape index (κ3) is 2.63. The summed E-state index contributed by atoms with van der Waals surface area (Å²) in [5.74, 6) is -0.598. The summed E-state index contributed by atoms with van der Waals surface area (Å²) in [5, 5.41) is 9.56. The van der Waals surface area contributed by atoms with Crippen molar-refractivity contribution in [1.82, 2.24) is 14.5 Å². The highest BCUT2D eigenvalue weighted by molar-refractivity contribution is 6.30. The van der Waals surface area contributed by atoms with E-state index in [0.29, 0.717) is 35.3 Å². The van der Waals surface area contributed by atoms with Gasteiger partial charge >= 0.3 is 0 Å². The van der Waals surface area contributed by atoms with E-state index in [9.17, 15) is 14.3 Å². The van der Waals surface area contributed by atoms with Crippen LogP contribution in [0.1, 0.15) is 29.8 Å². The van der Waals surface area contributed by atoms with Crippen molar-refractivity contribution >= 4 is 28.5 Å². The molecular weight excluding hydrogens is 381 g/mol. The van der Waals surface area contributed by atoms with Crippen LogP contribution in [0.4, 0.5) is 4.39 Å². The molecule has 1 saturated carbocycles. The van der Waals surface area contributed by atoms with Crippen molar-refractivity contribution in [2.24, 2.45) is 0 Å². The van der Waals surface area contributed by atoms with Crippen LogP contribution in [0.5, 0.6) is 0 Å². The molecule has 3 aromatic rings. The van der Waals surface area contributed by atoms with Crippen molar-refractivity contribution in [2.75, 3.05) is 6.61 Å². The summed E-state index contributed by atoms with van der Waals surface area (Å²) >= 11 is 5.86. The van der Waals surface area contributed by atoms with Gasteiger partial charge in [0, 0.05) is 31.0 Å². The molecule has 0 radical (unpaired) electrons. The summed E-state index contributed by atoms with van der Waals surface area (Å²) in [7, 11) is 0. The molecule has 0 bridgehead atoms. The average molecular weight is 400 g/mol. The number of carbonyl (C=O) groups is 1. The Morgan fingerprint density at radius 2 is 2.11 bits per heavy atom. The third-order valence-corrected chi connectivity index (χ3v) is 5.96. The summed E-state index contributed by atoms with van der Waals surface area (Å²) in [4.78, 5) is 20.0. The molecule has 7 heteroatoms. The van der Waals surface area contributed by atoms with Crippen molar-refractivity contribution in [3.8, 4) is 11.1 Å². The van der Waals surface area contributed by atoms with Crippen molar-refractivity contribution in [3.05, 3.63) is 53.1 Å². The van der Waals surface area contributed by atoms with Gasteiger partial charge < -0.3 is 14.6 Å². The number of amides is 1. The molecule has 1 N–H and O–H groups in total. The third-order valence-electron chi connectivity index (χ3n) is 5.66. The van der Waals surface area contributed by atoms with Gasteiger partial charge in [-0.15, -0.1) is 0 Å². The van der Waals surface area contributed by atoms with E-state index in [1.807, 2.05) is 21.6 Å². The summed E-state index contributed by atoms with van der Waals surface area (Å²) in [6.45, 7) is 0.625. The first-order chi connectivity index (χ1) is 13.6. The normalized spacial score (nSPS) is 19.3. The van der Waals surface area contributed by atoms with E-state index < -0.39 is 5.82 Å². The van der Waals surface area contributed by atoms with Crippen LogP contribution in [0.15, 0.2) is 36.5 Å². The zero-order chi connectivity index (χ0) is 19.4. The Morgan fingerprint density at radius 1 is 1.29 bits per heavy atom. The van der Waals surface area contributed by atoms with E-state index in [2.05, 4.69) is 4.98 Å². The topological polar surface area (TPSA) is 58.4 Å². The number of benzene rings is 1. The number of nitrogens with zero attached hydrogens (tertiary/aromatic N) is 3. The largest absolute Gasteiger partial charge is 0.396 e. The molecule has 0 spiro atoms. The maximum atomic E-state index is 14.2. The minimum atomic E-state index is -0.524. The highest BCUT2D eigenvalue weighted by Crippen LogP contribution is 2.41. The second kappa shape index (κ2) is 6.57. The molecule has 1 aliphatic carbocycles. The number of hydrogen-bond donors (Lipinski definition) is 1. The molecule has 0 unspecified atom stereocenters. The number of fused-ring (bicyclic) bond motifs is 3. The zero-order valence-electron chi connectivity index (χ0n) is 15.1. The van der Waals surface area contributed by atoms with Gasteiger partial charge in [-0.2, -0.15) is 0 Å². The molecule has 1 aromatic carbocycles. The first-order valence-corrected chi connectivity index (χ1v) is 9.84. The SMILES string of the molecule is O=C1c2c(-c3ccc(Cl)c(F)c3)c3ncccc3n2C[C@H](CCO)N1C1CC1. The van der Waals surface area contributed by atoms with Crippen LogP contribution in [0.2, 0.25) is 5.02 Å². The van der Waals surface area contributed by atoms with Gasteiger partial charge in [-0.05, 0) is 49.1 Å². The predicted molar refractivity (Wildman–Crippen MR) is 105 cm³/mol. The summed E-state index contributed by atoms with van der Waals surface area (Å²) in [6.07, 6.45) is 4.18. The summed E-state index contributed by atoms with van der Waals surface area (Å²) in [6, 6.07) is 8.52. The fraction of sp³-hybridized carbons (Fsp3) is 0.333. The molecule has 2 aromatic heterocycles. The quantitative estimate of drug-likeness (QED) is 0.724. The Kier molecular flexibility index (Phi) is 4.14. The number of pyridine rings is 1. The fourth-order valence-corrected chi connectivity index (χ4v) is 4.41. The smallest absolute Gasteiger partial charge is 0.271 e. The van der Waals surface area contributed by atoms with Crippen molar-refractivity contribution in [3.63, 3.8) is 0 Å². The second-order valence-corrected chi connectivity index (χ2v) is 7.85. The Bertz CT molecular complexity index is 1090. The number of aromatic nitrogens is 2. The molecule has 2 aliphatic rings. The first kappa shape index (κ1) is 17.6. The number of rotatable bonds is 4. The van der Waals surface area contributed by atoms with E-state index in [4.69, 9.17) is 11.6 Å². The lowest BCUT2D eigenvalue weighted by molar-refractivity contribution is 0.0538. The van der Waals surface area contributed by atoms with Crippen LogP contribution in [-0.4, -0.2) is 44.2 Å². The van der Waals surface area contributed by atoms with Crippen LogP contribution in [0.25, 0.3) is 22.2 Å². The number of halogens is 2. The van der Waals surface area contributed by atoms with Crippen LogP contribution in [-0.2, 0) is 6.54 Å². The number of aliphatic hydroxyl groups excluding tert-OH is 1. The van der Waals surface area contributed by atoms with Crippen molar-refractivity contribution < 1.29 is 14.3 Å². The fourth-order valence-electron chi connectivity index (χ4n) is 4.29. The van der Waals surface area contributed by atoms with Gasteiger partial charge in [-0.3, -0.25) is 9.78 Å². The highest BCUT2D eigenvalue weighted by atomic mass is 35.5. The Balaban J connectivity index is 1.77. The van der Waals surface area contributed by atoms with Crippen LogP contribution >= 0.6 is 11.6 Å². The van der Waals surface area contributed by atoms with E-state index in [1.54, 1.807) is 12.3 Å². The van der Waals surface area contributed by atoms with Gasteiger partial charge in [0.2, 0.25) is 0 Å². The zero-order valence-corrected chi connectivity index (χ0v) is 15.9. The molecule has 1 amide bonds. The van der Waals surface area contributed by atoms with Gasteiger partial charge in [0.15, 0.2) is 0 Å². The number of carbonyl (C=O) groups excluding carboxylic acids is 1. The second-order valence-electron chi connectivity index (χ2n) is 7.44. The monoisotopic (exact) mass is 399 g/mol. The van der Waals surface area contributed by atoms with E-state index >= 15 is 0 Å². The van der Waals surface area contributed by atoms with Gasteiger partial charge in [-0.25, -0.2) is 4.39 Å². The van der Waals surface area contributed by atoms with Crippen molar-refractivity contribution in [2.45, 2.75) is 37.9 Å². The van der Waals surface area contributed by atoms with Gasteiger partial charge in [0.25, 0.3) is 5.91 Å². The maximum absolute atomic E-state index is 14.2. The Labute approximate surface area is 166 Å². The van der Waals surface area contributed by atoms with Crippen LogP contribution in [0.3, 0.4) is 0 Å². The number of hydrogen-bond acceptors (Lipinski definition) is 3. The van der Waals surface area contributed by atoms with Gasteiger partial charge in [-0.1, -0.05) is 17.7 Å². The molecule has 5 nitrogen and oxygen atoms in total. The Hall–Kier alpha value is -2.44. The predicted octanol–water partition coefficient (Wildman–Crippen LogP) is 3.87. The minimum absolute atomic E-state index is 0.0310. The van der Waals surface area contributed by atoms with Crippen LogP contribution < -0.4 is 0 Å². The molecule has 1 fully saturated rings. The summed E-state index contributed by atoms with van der Waals surface area (Å²) < 4.78 is 16.2. The molecule has 144 valence electrons. The maximum Gasteiger partial charge on any atom is 0.271 e. The van der Waals surface area contributed by atoms with Crippen LogP contribution in [0, 0.1) is 5.82 Å². The standard InChI is InChI=1S/C21H19ClFN3O2/c22-15-6-3-12(10-16(15)23)18-19-17(2-1-8-24-19)25-11-14(7-9-27)26(13-4-5-13)21(28)20(18)25/h1-3,6,8,10,13-14,27H,4-5,7,9,11H2/t14-/m0/s1. The minimum Gasteiger partial charge on any atom is -0.396 e. The lowest BCUT2D eigenvalue weighted by atomic mass is 10.0. The molecule has 0 saturated heterocycles. The molecule has 1 atom stereocenters. The van der Waals surface area contributed by atoms with E-state index in [0.717, 1.165) is 18.4 Å². The molecule has 28 heavy (non-hydrogen) atoms. The lowest BCUT2D eigenvalue weighted by Crippen LogP contribution is -2.49. The summed E-state index contributed by atoms with van der Waals surface area (Å²) in [5.41, 5.74) is 3.28. The van der Waals surface area contributed by atoms with E-state index in [1.165, 1.54) is 12.1 Å². The number of aliphatic hydroxyl groups is 1. The molecule has 3 heterocycles. The average Bonchev–Trinajstić information content (AvgIpc) is 3.46. The van der Waals surface area contributed by atoms with Gasteiger partial charge in [0.05, 0.1) is 22.1 Å². The van der Waals surface area contributed by atoms with E-state index in [-0.39, 0.29) is 29.6 Å². The Morgan fingerprint density at radius 3 is 2.82 bits per heavy atom. The molecule has 1 aliphatic heterocycles. The first-order valence-electron chi connectivity index (χ1n) is 9.46. The van der Waals surface area contributed by atoms with Crippen molar-refractivity contribution in [1.29, 1.82) is 0 Å².